The fourth-order valence-corrected chi connectivity index (χ4v) is 2.86. The molecule has 0 aliphatic rings. The van der Waals surface area contributed by atoms with Gasteiger partial charge in [0.2, 0.25) is 10.0 Å². The van der Waals surface area contributed by atoms with Gasteiger partial charge in [0.05, 0.1) is 4.90 Å². The summed E-state index contributed by atoms with van der Waals surface area (Å²) in [5, 5.41) is 0. The number of hydrogen-bond acceptors (Lipinski definition) is 3. The van der Waals surface area contributed by atoms with E-state index in [1.165, 1.54) is 12.1 Å². The van der Waals surface area contributed by atoms with Gasteiger partial charge in [-0.05, 0) is 30.7 Å². The lowest BCUT2D eigenvalue weighted by Gasteiger charge is -2.16. The fraction of sp³-hybridized carbons (Fsp3) is 0.500. The van der Waals surface area contributed by atoms with Crippen LogP contribution >= 0.6 is 12.4 Å². The predicted octanol–water partition coefficient (Wildman–Crippen LogP) is 2.04. The minimum Gasteiger partial charge on any atom is -0.329 e. The van der Waals surface area contributed by atoms with E-state index in [0.717, 1.165) is 25.0 Å². The van der Waals surface area contributed by atoms with Crippen LogP contribution in [0.1, 0.15) is 26.2 Å². The average Bonchev–Trinajstić information content (AvgIpc) is 2.35. The summed E-state index contributed by atoms with van der Waals surface area (Å²) in [5.74, 6) is -0.463. The molecule has 0 bridgehead atoms. The van der Waals surface area contributed by atoms with Gasteiger partial charge in [-0.2, -0.15) is 0 Å². The summed E-state index contributed by atoms with van der Waals surface area (Å²) in [6, 6.07) is 4.45. The van der Waals surface area contributed by atoms with E-state index in [4.69, 9.17) is 5.73 Å². The van der Waals surface area contributed by atoms with Gasteiger partial charge < -0.3 is 5.73 Å². The highest BCUT2D eigenvalue weighted by Gasteiger charge is 2.18. The van der Waals surface area contributed by atoms with Gasteiger partial charge in [0, 0.05) is 12.6 Å². The minimum atomic E-state index is -3.62. The molecule has 3 N–H and O–H groups in total. The first-order chi connectivity index (χ1) is 8.49. The van der Waals surface area contributed by atoms with Crippen LogP contribution in [0.5, 0.6) is 0 Å². The Balaban J connectivity index is 0.00000324. The molecule has 19 heavy (non-hydrogen) atoms. The summed E-state index contributed by atoms with van der Waals surface area (Å²) in [6.07, 6.45) is 2.59. The van der Waals surface area contributed by atoms with E-state index in [1.807, 2.05) is 6.92 Å². The summed E-state index contributed by atoms with van der Waals surface area (Å²) in [6.45, 7) is 2.28. The minimum absolute atomic E-state index is 0. The molecule has 0 saturated carbocycles. The highest BCUT2D eigenvalue weighted by Crippen LogP contribution is 2.11. The highest BCUT2D eigenvalue weighted by atomic mass is 35.5. The predicted molar refractivity (Wildman–Crippen MR) is 76.3 cm³/mol. The van der Waals surface area contributed by atoms with Gasteiger partial charge >= 0.3 is 0 Å². The molecule has 0 aliphatic carbocycles. The lowest BCUT2D eigenvalue weighted by atomic mass is 10.1. The molecule has 1 aromatic rings. The molecule has 1 unspecified atom stereocenters. The van der Waals surface area contributed by atoms with Crippen molar-refractivity contribution >= 4 is 22.4 Å². The van der Waals surface area contributed by atoms with Crippen molar-refractivity contribution in [3.05, 3.63) is 30.1 Å². The molecule has 0 spiro atoms. The van der Waals surface area contributed by atoms with E-state index in [2.05, 4.69) is 4.72 Å². The van der Waals surface area contributed by atoms with Crippen molar-refractivity contribution < 1.29 is 12.8 Å². The molecule has 4 nitrogen and oxygen atoms in total. The smallest absolute Gasteiger partial charge is 0.240 e. The maximum absolute atomic E-state index is 12.7. The van der Waals surface area contributed by atoms with Crippen LogP contribution < -0.4 is 10.5 Å². The monoisotopic (exact) mass is 310 g/mol. The van der Waals surface area contributed by atoms with E-state index in [1.54, 1.807) is 0 Å². The van der Waals surface area contributed by atoms with Crippen LogP contribution in [-0.2, 0) is 10.0 Å². The van der Waals surface area contributed by atoms with Gasteiger partial charge in [-0.15, -0.1) is 12.4 Å². The van der Waals surface area contributed by atoms with Crippen LogP contribution in [0.2, 0.25) is 0 Å². The molecule has 0 fully saturated rings. The first-order valence-corrected chi connectivity index (χ1v) is 7.46. The van der Waals surface area contributed by atoms with E-state index in [9.17, 15) is 12.8 Å². The summed E-state index contributed by atoms with van der Waals surface area (Å²) < 4.78 is 39.2. The Hall–Kier alpha value is -0.690. The molecule has 0 heterocycles. The summed E-state index contributed by atoms with van der Waals surface area (Å²) in [7, 11) is -3.62. The molecule has 7 heteroatoms. The van der Waals surface area contributed by atoms with Crippen LogP contribution in [-0.4, -0.2) is 21.0 Å². The normalized spacial score (nSPS) is 12.8. The molecule has 0 saturated heterocycles. The molecule has 1 aromatic carbocycles. The van der Waals surface area contributed by atoms with Gasteiger partial charge in [0.15, 0.2) is 0 Å². The maximum atomic E-state index is 12.7. The largest absolute Gasteiger partial charge is 0.329 e. The number of benzene rings is 1. The van der Waals surface area contributed by atoms with Crippen LogP contribution in [0.25, 0.3) is 0 Å². The van der Waals surface area contributed by atoms with Gasteiger partial charge in [-0.1, -0.05) is 19.8 Å². The standard InChI is InChI=1S/C12H19FN2O2S.ClH/c1-2-3-4-11(9-14)15-18(16,17)12-7-5-10(13)6-8-12;/h5-8,11,15H,2-4,9,14H2,1H3;1H. The van der Waals surface area contributed by atoms with E-state index < -0.39 is 15.8 Å². The number of nitrogens with two attached hydrogens (primary N) is 1. The molecular weight excluding hydrogens is 291 g/mol. The van der Waals surface area contributed by atoms with E-state index >= 15 is 0 Å². The quantitative estimate of drug-likeness (QED) is 0.809. The first-order valence-electron chi connectivity index (χ1n) is 5.97. The third kappa shape index (κ3) is 5.86. The topological polar surface area (TPSA) is 72.2 Å². The Morgan fingerprint density at radius 2 is 1.89 bits per heavy atom. The first kappa shape index (κ1) is 18.3. The van der Waals surface area contributed by atoms with Crippen LogP contribution in [0.3, 0.4) is 0 Å². The number of unbranched alkanes of at least 4 members (excludes halogenated alkanes) is 1. The molecule has 1 rings (SSSR count). The molecular formula is C12H20ClFN2O2S. The molecule has 0 amide bonds. The van der Waals surface area contributed by atoms with Crippen molar-refractivity contribution in [2.45, 2.75) is 37.1 Å². The number of halogens is 2. The molecule has 0 radical (unpaired) electrons. The van der Waals surface area contributed by atoms with Crippen molar-refractivity contribution in [1.29, 1.82) is 0 Å². The maximum Gasteiger partial charge on any atom is 0.240 e. The molecule has 0 aromatic heterocycles. The zero-order valence-electron chi connectivity index (χ0n) is 10.8. The second-order valence-electron chi connectivity index (χ2n) is 4.15. The Kier molecular flexibility index (Phi) is 8.17. The van der Waals surface area contributed by atoms with Crippen molar-refractivity contribution in [1.82, 2.24) is 4.72 Å². The van der Waals surface area contributed by atoms with Crippen molar-refractivity contribution in [2.75, 3.05) is 6.54 Å². The van der Waals surface area contributed by atoms with E-state index in [0.29, 0.717) is 6.42 Å². The summed E-state index contributed by atoms with van der Waals surface area (Å²) in [5.41, 5.74) is 5.54. The number of hydrogen-bond donors (Lipinski definition) is 2. The van der Waals surface area contributed by atoms with Crippen molar-refractivity contribution in [2.24, 2.45) is 5.73 Å². The van der Waals surface area contributed by atoms with Crippen LogP contribution in [0, 0.1) is 5.82 Å². The molecule has 0 aliphatic heterocycles. The van der Waals surface area contributed by atoms with Crippen LogP contribution in [0.4, 0.5) is 4.39 Å². The second-order valence-corrected chi connectivity index (χ2v) is 5.86. The third-order valence-corrected chi connectivity index (χ3v) is 4.17. The third-order valence-electron chi connectivity index (χ3n) is 2.64. The lowest BCUT2D eigenvalue weighted by molar-refractivity contribution is 0.516. The second kappa shape index (κ2) is 8.47. The highest BCUT2D eigenvalue weighted by molar-refractivity contribution is 7.89. The van der Waals surface area contributed by atoms with Gasteiger partial charge in [0.1, 0.15) is 5.82 Å². The van der Waals surface area contributed by atoms with Gasteiger partial charge in [0.25, 0.3) is 0 Å². The van der Waals surface area contributed by atoms with Crippen molar-refractivity contribution in [3.63, 3.8) is 0 Å². The fourth-order valence-electron chi connectivity index (χ4n) is 1.58. The Labute approximate surface area is 120 Å². The zero-order chi connectivity index (χ0) is 13.6. The summed E-state index contributed by atoms with van der Waals surface area (Å²) in [4.78, 5) is 0.0545. The van der Waals surface area contributed by atoms with Crippen LogP contribution in [0.15, 0.2) is 29.2 Å². The molecule has 110 valence electrons. The summed E-state index contributed by atoms with van der Waals surface area (Å²) >= 11 is 0. The Bertz CT molecular complexity index is 465. The van der Waals surface area contributed by atoms with Crippen molar-refractivity contribution in [3.8, 4) is 0 Å². The lowest BCUT2D eigenvalue weighted by Crippen LogP contribution is -2.40. The average molecular weight is 311 g/mol. The Morgan fingerprint density at radius 3 is 2.37 bits per heavy atom. The number of nitrogens with one attached hydrogen (secondary N) is 1. The Morgan fingerprint density at radius 1 is 1.32 bits per heavy atom. The SMILES string of the molecule is CCCCC(CN)NS(=O)(=O)c1ccc(F)cc1.Cl. The zero-order valence-corrected chi connectivity index (χ0v) is 12.4. The number of sulfonamides is 1. The van der Waals surface area contributed by atoms with Gasteiger partial charge in [-0.3, -0.25) is 0 Å². The van der Waals surface area contributed by atoms with Gasteiger partial charge in [-0.25, -0.2) is 17.5 Å². The number of rotatable bonds is 7. The molecule has 1 atom stereocenters. The van der Waals surface area contributed by atoms with E-state index in [-0.39, 0.29) is 29.9 Å².